The monoisotopic (exact) mass is 503 g/mol. The van der Waals surface area contributed by atoms with E-state index in [9.17, 15) is 4.79 Å². The number of aromatic nitrogens is 3. The van der Waals surface area contributed by atoms with Crippen LogP contribution in [-0.2, 0) is 0 Å². The van der Waals surface area contributed by atoms with E-state index in [2.05, 4.69) is 27.8 Å². The molecule has 0 N–H and O–H groups in total. The maximum Gasteiger partial charge on any atom is 0.253 e. The Bertz CT molecular complexity index is 1590. The summed E-state index contributed by atoms with van der Waals surface area (Å²) in [4.78, 5) is 26.8. The molecule has 5 aromatic rings. The number of anilines is 1. The van der Waals surface area contributed by atoms with Crippen LogP contribution in [0.2, 0.25) is 0 Å². The van der Waals surface area contributed by atoms with E-state index in [4.69, 9.17) is 14.7 Å². The third-order valence-electron chi connectivity index (χ3n) is 7.14. The summed E-state index contributed by atoms with van der Waals surface area (Å²) < 4.78 is 7.58. The molecule has 1 aliphatic rings. The Balaban J connectivity index is 1.37. The van der Waals surface area contributed by atoms with Gasteiger partial charge in [0.1, 0.15) is 17.9 Å². The summed E-state index contributed by atoms with van der Waals surface area (Å²) in [7, 11) is 1.67. The molecule has 3 heterocycles. The Hall–Kier alpha value is -4.65. The van der Waals surface area contributed by atoms with Crippen LogP contribution in [0.3, 0.4) is 0 Å². The van der Waals surface area contributed by atoms with Crippen molar-refractivity contribution < 1.29 is 9.53 Å². The van der Waals surface area contributed by atoms with E-state index in [1.165, 1.54) is 0 Å². The Kier molecular flexibility index (Phi) is 6.25. The van der Waals surface area contributed by atoms with Crippen LogP contribution in [0, 0.1) is 6.92 Å². The van der Waals surface area contributed by atoms with Crippen molar-refractivity contribution in [1.29, 1.82) is 0 Å². The molecule has 1 amide bonds. The first-order chi connectivity index (χ1) is 18.6. The van der Waals surface area contributed by atoms with Crippen molar-refractivity contribution in [3.8, 4) is 22.6 Å². The molecule has 0 aliphatic carbocycles. The number of aryl methyl sites for hydroxylation is 1. The first kappa shape index (κ1) is 23.7. The maximum atomic E-state index is 13.1. The number of rotatable bonds is 5. The number of amides is 1. The highest BCUT2D eigenvalue weighted by Crippen LogP contribution is 2.37. The van der Waals surface area contributed by atoms with Crippen molar-refractivity contribution in [2.24, 2.45) is 0 Å². The van der Waals surface area contributed by atoms with E-state index in [0.29, 0.717) is 26.2 Å². The molecule has 0 saturated carbocycles. The molecule has 38 heavy (non-hydrogen) atoms. The highest BCUT2D eigenvalue weighted by molar-refractivity contribution is 6.02. The molecule has 6 rings (SSSR count). The number of hydrogen-bond acceptors (Lipinski definition) is 5. The van der Waals surface area contributed by atoms with Crippen LogP contribution in [0.5, 0.6) is 5.75 Å². The number of carbonyl (C=O) groups excluding carboxylic acids is 1. The lowest BCUT2D eigenvalue weighted by molar-refractivity contribution is 0.0746. The van der Waals surface area contributed by atoms with Crippen LogP contribution in [0.25, 0.3) is 27.8 Å². The van der Waals surface area contributed by atoms with Gasteiger partial charge in [-0.05, 0) is 36.8 Å². The standard InChI is InChI=1S/C31H29N5O2/c1-22-11-13-24(14-12-22)31(37)35-17-15-34(16-18-35)29-28-27(23-7-4-3-5-8-23)20-36(30(28)33-21-32-29)25-9-6-10-26(19-25)38-2/h3-14,19-21H,15-18H2,1-2H3. The third-order valence-corrected chi connectivity index (χ3v) is 7.14. The second kappa shape index (κ2) is 10.0. The largest absolute Gasteiger partial charge is 0.497 e. The van der Waals surface area contributed by atoms with Crippen molar-refractivity contribution in [1.82, 2.24) is 19.4 Å². The number of piperazine rings is 1. The van der Waals surface area contributed by atoms with Crippen molar-refractivity contribution >= 4 is 22.8 Å². The van der Waals surface area contributed by atoms with Crippen molar-refractivity contribution in [3.63, 3.8) is 0 Å². The zero-order chi connectivity index (χ0) is 26.1. The lowest BCUT2D eigenvalue weighted by Gasteiger charge is -2.35. The molecule has 1 aliphatic heterocycles. The van der Waals surface area contributed by atoms with Gasteiger partial charge in [0.05, 0.1) is 18.2 Å². The SMILES string of the molecule is COc1cccc(-n2cc(-c3ccccc3)c3c(N4CCN(C(=O)c5ccc(C)cc5)CC4)ncnc32)c1. The summed E-state index contributed by atoms with van der Waals surface area (Å²) in [5.74, 6) is 1.75. The molecule has 0 radical (unpaired) electrons. The molecule has 1 fully saturated rings. The van der Waals surface area contributed by atoms with Gasteiger partial charge in [0, 0.05) is 49.6 Å². The first-order valence-corrected chi connectivity index (χ1v) is 12.8. The first-order valence-electron chi connectivity index (χ1n) is 12.8. The number of carbonyl (C=O) groups is 1. The molecule has 7 heteroatoms. The van der Waals surface area contributed by atoms with Crippen LogP contribution in [0.4, 0.5) is 5.82 Å². The van der Waals surface area contributed by atoms with Gasteiger partial charge in [-0.15, -0.1) is 0 Å². The highest BCUT2D eigenvalue weighted by Gasteiger charge is 2.26. The number of ether oxygens (including phenoxy) is 1. The summed E-state index contributed by atoms with van der Waals surface area (Å²) in [6.07, 6.45) is 3.76. The number of hydrogen-bond donors (Lipinski definition) is 0. The van der Waals surface area contributed by atoms with Crippen LogP contribution < -0.4 is 9.64 Å². The van der Waals surface area contributed by atoms with Crippen molar-refractivity contribution in [2.45, 2.75) is 6.92 Å². The summed E-state index contributed by atoms with van der Waals surface area (Å²) in [5, 5.41) is 1.000. The number of fused-ring (bicyclic) bond motifs is 1. The van der Waals surface area contributed by atoms with Crippen molar-refractivity contribution in [3.05, 3.63) is 103 Å². The van der Waals surface area contributed by atoms with Gasteiger partial charge in [0.2, 0.25) is 0 Å². The Labute approximate surface area is 221 Å². The summed E-state index contributed by atoms with van der Waals surface area (Å²) in [6, 6.07) is 26.1. The zero-order valence-electron chi connectivity index (χ0n) is 21.5. The average Bonchev–Trinajstić information content (AvgIpc) is 3.38. The smallest absolute Gasteiger partial charge is 0.253 e. The van der Waals surface area contributed by atoms with Gasteiger partial charge < -0.3 is 19.1 Å². The van der Waals surface area contributed by atoms with Crippen LogP contribution in [0.15, 0.2) is 91.4 Å². The van der Waals surface area contributed by atoms with Gasteiger partial charge in [-0.2, -0.15) is 0 Å². The Morgan fingerprint density at radius 2 is 1.63 bits per heavy atom. The lowest BCUT2D eigenvalue weighted by Crippen LogP contribution is -2.49. The van der Waals surface area contributed by atoms with Crippen molar-refractivity contribution in [2.75, 3.05) is 38.2 Å². The van der Waals surface area contributed by atoms with E-state index in [-0.39, 0.29) is 5.91 Å². The molecular formula is C31H29N5O2. The zero-order valence-corrected chi connectivity index (χ0v) is 21.5. The molecule has 7 nitrogen and oxygen atoms in total. The van der Waals surface area contributed by atoms with Gasteiger partial charge in [-0.25, -0.2) is 9.97 Å². The van der Waals surface area contributed by atoms with Gasteiger partial charge in [0.25, 0.3) is 5.91 Å². The van der Waals surface area contributed by atoms with E-state index < -0.39 is 0 Å². The minimum Gasteiger partial charge on any atom is -0.497 e. The fourth-order valence-electron chi connectivity index (χ4n) is 5.08. The molecule has 0 unspecified atom stereocenters. The molecule has 3 aromatic carbocycles. The average molecular weight is 504 g/mol. The van der Waals surface area contributed by atoms with E-state index in [0.717, 1.165) is 50.5 Å². The van der Waals surface area contributed by atoms with Gasteiger partial charge in [-0.3, -0.25) is 4.79 Å². The van der Waals surface area contributed by atoms with E-state index in [1.54, 1.807) is 13.4 Å². The number of benzene rings is 3. The number of methoxy groups -OCH3 is 1. The topological polar surface area (TPSA) is 63.5 Å². The Morgan fingerprint density at radius 1 is 0.868 bits per heavy atom. The summed E-state index contributed by atoms with van der Waals surface area (Å²) in [5.41, 5.74) is 5.85. The minimum atomic E-state index is 0.0756. The second-order valence-corrected chi connectivity index (χ2v) is 9.52. The minimum absolute atomic E-state index is 0.0756. The lowest BCUT2D eigenvalue weighted by atomic mass is 10.1. The summed E-state index contributed by atoms with van der Waals surface area (Å²) in [6.45, 7) is 4.69. The van der Waals surface area contributed by atoms with Crippen LogP contribution in [0.1, 0.15) is 15.9 Å². The predicted octanol–water partition coefficient (Wildman–Crippen LogP) is 5.37. The molecule has 0 atom stereocenters. The fraction of sp³-hybridized carbons (Fsp3) is 0.194. The quantitative estimate of drug-likeness (QED) is 0.323. The summed E-state index contributed by atoms with van der Waals surface area (Å²) >= 11 is 0. The molecule has 0 bridgehead atoms. The molecule has 0 spiro atoms. The van der Waals surface area contributed by atoms with Crippen LogP contribution >= 0.6 is 0 Å². The van der Waals surface area contributed by atoms with Gasteiger partial charge in [0.15, 0.2) is 5.65 Å². The number of nitrogens with zero attached hydrogens (tertiary/aromatic N) is 5. The molecular weight excluding hydrogens is 474 g/mol. The molecule has 190 valence electrons. The van der Waals surface area contributed by atoms with E-state index in [1.807, 2.05) is 78.6 Å². The Morgan fingerprint density at radius 3 is 2.37 bits per heavy atom. The highest BCUT2D eigenvalue weighted by atomic mass is 16.5. The second-order valence-electron chi connectivity index (χ2n) is 9.52. The predicted molar refractivity (Wildman–Crippen MR) is 150 cm³/mol. The maximum absolute atomic E-state index is 13.1. The molecule has 1 saturated heterocycles. The van der Waals surface area contributed by atoms with Gasteiger partial charge in [-0.1, -0.05) is 54.1 Å². The normalized spacial score (nSPS) is 13.6. The van der Waals surface area contributed by atoms with Gasteiger partial charge >= 0.3 is 0 Å². The molecule has 2 aromatic heterocycles. The van der Waals surface area contributed by atoms with Crippen LogP contribution in [-0.4, -0.2) is 58.6 Å². The van der Waals surface area contributed by atoms with E-state index >= 15 is 0 Å². The fourth-order valence-corrected chi connectivity index (χ4v) is 5.08. The third kappa shape index (κ3) is 4.36.